The monoisotopic (exact) mass is 568 g/mol. The summed E-state index contributed by atoms with van der Waals surface area (Å²) in [4.78, 5) is 22.8. The summed E-state index contributed by atoms with van der Waals surface area (Å²) in [6.45, 7) is 0.314. The van der Waals surface area contributed by atoms with E-state index in [1.807, 2.05) is 60.7 Å². The fourth-order valence-electron chi connectivity index (χ4n) is 3.77. The molecule has 0 bridgehead atoms. The molecule has 0 spiro atoms. The highest BCUT2D eigenvalue weighted by Gasteiger charge is 2.09. The number of ether oxygens (including phenoxy) is 1. The molecular formula is C34H32O8. The molecule has 0 amide bonds. The SMILES string of the molecule is O=C(/C=C/c1ccc(O)c(O)c1)OCCc1ccccc1.O=C(O)/C(=C/c1ccc(O)c(O)c1)CCc1ccccc1. The predicted octanol–water partition coefficient (Wildman–Crippen LogP) is 6.10. The van der Waals surface area contributed by atoms with Gasteiger partial charge in [0.05, 0.1) is 6.61 Å². The van der Waals surface area contributed by atoms with Gasteiger partial charge in [0.2, 0.25) is 0 Å². The maximum atomic E-state index is 11.5. The standard InChI is InChI=1S/2C17H16O4/c18-15-9-7-13(11-16(15)19)10-14(17(20)21)8-6-12-4-2-1-3-5-12;18-15-8-6-14(12-16(15)19)7-9-17(20)21-11-10-13-4-2-1-3-5-13/h1-5,7,9-11,18-19H,6,8H2,(H,20,21);1-9,12,18-19H,10-11H2/b14-10+;9-7+. The molecule has 5 N–H and O–H groups in total. The summed E-state index contributed by atoms with van der Waals surface area (Å²) in [6, 6.07) is 27.9. The Labute approximate surface area is 243 Å². The highest BCUT2D eigenvalue weighted by Crippen LogP contribution is 2.27. The Balaban J connectivity index is 0.000000230. The third-order valence-corrected chi connectivity index (χ3v) is 6.03. The first-order valence-corrected chi connectivity index (χ1v) is 13.1. The van der Waals surface area contributed by atoms with Gasteiger partial charge >= 0.3 is 11.9 Å². The van der Waals surface area contributed by atoms with Crippen molar-refractivity contribution in [2.75, 3.05) is 6.61 Å². The van der Waals surface area contributed by atoms with Gasteiger partial charge < -0.3 is 30.3 Å². The summed E-state index contributed by atoms with van der Waals surface area (Å²) in [5.74, 6) is -2.35. The third kappa shape index (κ3) is 10.6. The first kappa shape index (κ1) is 31.0. The van der Waals surface area contributed by atoms with Crippen molar-refractivity contribution in [1.82, 2.24) is 0 Å². The van der Waals surface area contributed by atoms with E-state index in [0.29, 0.717) is 37.0 Å². The molecule has 4 aromatic rings. The summed E-state index contributed by atoms with van der Waals surface area (Å²) in [7, 11) is 0. The molecule has 0 saturated heterocycles. The van der Waals surface area contributed by atoms with Gasteiger partial charge in [-0.2, -0.15) is 0 Å². The molecule has 0 aromatic heterocycles. The Morgan fingerprint density at radius 1 is 0.643 bits per heavy atom. The predicted molar refractivity (Wildman–Crippen MR) is 160 cm³/mol. The van der Waals surface area contributed by atoms with Crippen molar-refractivity contribution in [2.24, 2.45) is 0 Å². The van der Waals surface area contributed by atoms with Gasteiger partial charge in [-0.3, -0.25) is 0 Å². The minimum Gasteiger partial charge on any atom is -0.504 e. The van der Waals surface area contributed by atoms with Crippen LogP contribution in [0.2, 0.25) is 0 Å². The lowest BCUT2D eigenvalue weighted by atomic mass is 10.0. The largest absolute Gasteiger partial charge is 0.504 e. The zero-order valence-electron chi connectivity index (χ0n) is 22.8. The summed E-state index contributed by atoms with van der Waals surface area (Å²) < 4.78 is 5.08. The summed E-state index contributed by atoms with van der Waals surface area (Å²) in [5.41, 5.74) is 3.57. The third-order valence-electron chi connectivity index (χ3n) is 6.03. The minimum absolute atomic E-state index is 0.197. The van der Waals surface area contributed by atoms with Crippen LogP contribution in [0.4, 0.5) is 0 Å². The van der Waals surface area contributed by atoms with Gasteiger partial charge in [-0.25, -0.2) is 9.59 Å². The van der Waals surface area contributed by atoms with Crippen molar-refractivity contribution >= 4 is 24.1 Å². The molecule has 0 aliphatic rings. The molecule has 0 aliphatic carbocycles. The average Bonchev–Trinajstić information content (AvgIpc) is 2.99. The first-order chi connectivity index (χ1) is 20.2. The van der Waals surface area contributed by atoms with E-state index in [9.17, 15) is 35.1 Å². The van der Waals surface area contributed by atoms with E-state index in [1.54, 1.807) is 12.1 Å². The molecular weight excluding hydrogens is 536 g/mol. The molecule has 42 heavy (non-hydrogen) atoms. The van der Waals surface area contributed by atoms with Crippen molar-refractivity contribution in [3.05, 3.63) is 131 Å². The Morgan fingerprint density at radius 3 is 1.71 bits per heavy atom. The van der Waals surface area contributed by atoms with Crippen LogP contribution in [-0.2, 0) is 27.2 Å². The topological polar surface area (TPSA) is 145 Å². The number of rotatable bonds is 10. The van der Waals surface area contributed by atoms with Gasteiger partial charge in [-0.05, 0) is 71.5 Å². The van der Waals surface area contributed by atoms with Gasteiger partial charge in [-0.15, -0.1) is 0 Å². The zero-order chi connectivity index (χ0) is 30.3. The Hall–Kier alpha value is -5.50. The van der Waals surface area contributed by atoms with Crippen molar-refractivity contribution in [1.29, 1.82) is 0 Å². The van der Waals surface area contributed by atoms with Gasteiger partial charge in [0, 0.05) is 18.1 Å². The molecule has 0 saturated carbocycles. The van der Waals surface area contributed by atoms with Gasteiger partial charge in [0.1, 0.15) is 0 Å². The van der Waals surface area contributed by atoms with E-state index in [0.717, 1.165) is 11.1 Å². The molecule has 4 aromatic carbocycles. The van der Waals surface area contributed by atoms with Crippen LogP contribution < -0.4 is 0 Å². The maximum absolute atomic E-state index is 11.5. The number of aliphatic carboxylic acids is 1. The fourth-order valence-corrected chi connectivity index (χ4v) is 3.77. The number of aromatic hydroxyl groups is 4. The number of phenolic OH excluding ortho intramolecular Hbond substituents is 4. The molecule has 216 valence electrons. The van der Waals surface area contributed by atoms with Gasteiger partial charge in [0.25, 0.3) is 0 Å². The van der Waals surface area contributed by atoms with E-state index in [4.69, 9.17) is 4.74 Å². The van der Waals surface area contributed by atoms with E-state index in [-0.39, 0.29) is 28.6 Å². The number of benzene rings is 4. The van der Waals surface area contributed by atoms with Crippen molar-refractivity contribution in [2.45, 2.75) is 19.3 Å². The van der Waals surface area contributed by atoms with Crippen molar-refractivity contribution < 1.29 is 39.9 Å². The highest BCUT2D eigenvalue weighted by atomic mass is 16.5. The van der Waals surface area contributed by atoms with Crippen LogP contribution >= 0.6 is 0 Å². The van der Waals surface area contributed by atoms with E-state index >= 15 is 0 Å². The zero-order valence-corrected chi connectivity index (χ0v) is 22.8. The van der Waals surface area contributed by atoms with Crippen LogP contribution in [0.5, 0.6) is 23.0 Å². The summed E-state index contributed by atoms with van der Waals surface area (Å²) >= 11 is 0. The van der Waals surface area contributed by atoms with Gasteiger partial charge in [-0.1, -0.05) is 72.8 Å². The van der Waals surface area contributed by atoms with Crippen LogP contribution in [0, 0.1) is 0 Å². The van der Waals surface area contributed by atoms with Crippen LogP contribution in [0.3, 0.4) is 0 Å². The molecule has 0 aliphatic heterocycles. The number of hydrogen-bond acceptors (Lipinski definition) is 7. The summed E-state index contributed by atoms with van der Waals surface area (Å²) in [5, 5.41) is 46.5. The van der Waals surface area contributed by atoms with Crippen molar-refractivity contribution in [3.63, 3.8) is 0 Å². The Morgan fingerprint density at radius 2 is 1.17 bits per heavy atom. The molecule has 0 atom stereocenters. The molecule has 4 rings (SSSR count). The number of carboxylic acids is 1. The molecule has 0 fully saturated rings. The van der Waals surface area contributed by atoms with Crippen LogP contribution in [0.1, 0.15) is 28.7 Å². The number of phenols is 4. The number of carbonyl (C=O) groups excluding carboxylic acids is 1. The van der Waals surface area contributed by atoms with E-state index in [2.05, 4.69) is 0 Å². The molecule has 0 unspecified atom stereocenters. The first-order valence-electron chi connectivity index (χ1n) is 13.1. The number of aryl methyl sites for hydroxylation is 1. The average molecular weight is 569 g/mol. The van der Waals surface area contributed by atoms with Gasteiger partial charge in [0.15, 0.2) is 23.0 Å². The number of esters is 1. The number of hydrogen-bond donors (Lipinski definition) is 5. The molecule has 8 nitrogen and oxygen atoms in total. The molecule has 8 heteroatoms. The van der Waals surface area contributed by atoms with Crippen LogP contribution in [-0.4, -0.2) is 44.1 Å². The smallest absolute Gasteiger partial charge is 0.331 e. The second-order valence-corrected chi connectivity index (χ2v) is 9.19. The fraction of sp³-hybridized carbons (Fsp3) is 0.118. The van der Waals surface area contributed by atoms with Crippen LogP contribution in [0.25, 0.3) is 12.2 Å². The number of carbonyl (C=O) groups is 2. The second kappa shape index (κ2) is 15.9. The lowest BCUT2D eigenvalue weighted by molar-refractivity contribution is -0.137. The quantitative estimate of drug-likeness (QED) is 0.0877. The Bertz CT molecular complexity index is 1520. The number of carboxylic acid groups (broad SMARTS) is 1. The molecule has 0 radical (unpaired) electrons. The lowest BCUT2D eigenvalue weighted by Gasteiger charge is -2.04. The van der Waals surface area contributed by atoms with E-state index in [1.165, 1.54) is 42.5 Å². The molecule has 0 heterocycles. The summed E-state index contributed by atoms with van der Waals surface area (Å²) in [6.07, 6.45) is 6.00. The van der Waals surface area contributed by atoms with Crippen molar-refractivity contribution in [3.8, 4) is 23.0 Å². The highest BCUT2D eigenvalue weighted by molar-refractivity contribution is 5.92. The maximum Gasteiger partial charge on any atom is 0.331 e. The van der Waals surface area contributed by atoms with Crippen LogP contribution in [0.15, 0.2) is 109 Å². The lowest BCUT2D eigenvalue weighted by Crippen LogP contribution is -2.04. The minimum atomic E-state index is -0.988. The second-order valence-electron chi connectivity index (χ2n) is 9.19. The normalized spacial score (nSPS) is 11.0. The Kier molecular flexibility index (Phi) is 11.8. The van der Waals surface area contributed by atoms with E-state index < -0.39 is 11.9 Å².